The van der Waals surface area contributed by atoms with Crippen molar-refractivity contribution in [3.8, 4) is 0 Å². The second-order valence-corrected chi connectivity index (χ2v) is 5.03. The van der Waals surface area contributed by atoms with Gasteiger partial charge in [0.15, 0.2) is 0 Å². The highest BCUT2D eigenvalue weighted by Gasteiger charge is 2.30. The molecule has 0 spiro atoms. The van der Waals surface area contributed by atoms with Gasteiger partial charge < -0.3 is 5.32 Å². The Kier molecular flexibility index (Phi) is 1.68. The summed E-state index contributed by atoms with van der Waals surface area (Å²) >= 11 is 0. The Morgan fingerprint density at radius 2 is 2.12 bits per heavy atom. The van der Waals surface area contributed by atoms with Gasteiger partial charge in [0.25, 0.3) is 0 Å². The number of carbonyl (C=O) groups excluding carboxylic acids is 1. The molecule has 84 valence electrons. The van der Waals surface area contributed by atoms with Gasteiger partial charge in [-0.25, -0.2) is 0 Å². The molecule has 0 bridgehead atoms. The summed E-state index contributed by atoms with van der Waals surface area (Å²) in [4.78, 5) is 11.6. The lowest BCUT2D eigenvalue weighted by atomic mass is 9.77. The largest absolute Gasteiger partial charge is 0.326 e. The molecular formula is C15H13NO. The highest BCUT2D eigenvalue weighted by atomic mass is 16.1. The predicted molar refractivity (Wildman–Crippen MR) is 68.3 cm³/mol. The molecule has 4 rings (SSSR count). The number of anilines is 1. The van der Waals surface area contributed by atoms with E-state index in [-0.39, 0.29) is 5.91 Å². The molecule has 0 fully saturated rings. The van der Waals surface area contributed by atoms with Crippen molar-refractivity contribution < 1.29 is 4.79 Å². The van der Waals surface area contributed by atoms with E-state index in [1.807, 2.05) is 0 Å². The molecule has 2 aromatic rings. The monoisotopic (exact) mass is 223 g/mol. The van der Waals surface area contributed by atoms with Crippen molar-refractivity contribution in [2.24, 2.45) is 0 Å². The molecule has 0 saturated heterocycles. The van der Waals surface area contributed by atoms with Gasteiger partial charge in [0.1, 0.15) is 0 Å². The molecule has 2 nitrogen and oxygen atoms in total. The summed E-state index contributed by atoms with van der Waals surface area (Å²) in [6.07, 6.45) is 2.86. The second-order valence-electron chi connectivity index (χ2n) is 5.03. The van der Waals surface area contributed by atoms with E-state index < -0.39 is 0 Å². The third-order valence-electron chi connectivity index (χ3n) is 4.05. The number of rotatable bonds is 0. The first kappa shape index (κ1) is 9.23. The van der Waals surface area contributed by atoms with Crippen molar-refractivity contribution in [1.29, 1.82) is 0 Å². The van der Waals surface area contributed by atoms with Crippen molar-refractivity contribution in [2.45, 2.75) is 25.2 Å². The van der Waals surface area contributed by atoms with Crippen LogP contribution in [0.15, 0.2) is 30.3 Å². The van der Waals surface area contributed by atoms with Crippen LogP contribution in [0.25, 0.3) is 10.8 Å². The standard InChI is InChI=1S/C15H13NO/c17-13-8-11-5-4-9-2-1-3-10-6-7-12(16-13)15(11)14(9)10/h1-3,6-7,11H,4-5,8H2,(H,16,17). The van der Waals surface area contributed by atoms with Crippen molar-refractivity contribution in [3.63, 3.8) is 0 Å². The number of benzene rings is 2. The minimum absolute atomic E-state index is 0.168. The van der Waals surface area contributed by atoms with Gasteiger partial charge in [-0.05, 0) is 46.7 Å². The molecule has 1 unspecified atom stereocenters. The predicted octanol–water partition coefficient (Wildman–Crippen LogP) is 3.21. The number of amides is 1. The van der Waals surface area contributed by atoms with Crippen LogP contribution in [0.4, 0.5) is 5.69 Å². The Bertz CT molecular complexity index is 645. The first-order chi connectivity index (χ1) is 8.33. The Morgan fingerprint density at radius 1 is 1.18 bits per heavy atom. The smallest absolute Gasteiger partial charge is 0.224 e. The topological polar surface area (TPSA) is 29.1 Å². The number of hydrogen-bond donors (Lipinski definition) is 1. The lowest BCUT2D eigenvalue weighted by Gasteiger charge is -2.31. The van der Waals surface area contributed by atoms with Gasteiger partial charge in [-0.3, -0.25) is 4.79 Å². The molecule has 1 heterocycles. The minimum atomic E-state index is 0.168. The zero-order valence-electron chi connectivity index (χ0n) is 9.49. The van der Waals surface area contributed by atoms with E-state index >= 15 is 0 Å². The van der Waals surface area contributed by atoms with Crippen molar-refractivity contribution in [1.82, 2.24) is 0 Å². The maximum absolute atomic E-state index is 11.6. The third kappa shape index (κ3) is 1.18. The number of hydrogen-bond acceptors (Lipinski definition) is 1. The van der Waals surface area contributed by atoms with Gasteiger partial charge in [0.2, 0.25) is 5.91 Å². The molecule has 1 amide bonds. The normalized spacial score (nSPS) is 21.4. The average Bonchev–Trinajstić information content (AvgIpc) is 2.35. The van der Waals surface area contributed by atoms with Crippen LogP contribution in [-0.2, 0) is 11.2 Å². The van der Waals surface area contributed by atoms with Gasteiger partial charge in [-0.15, -0.1) is 0 Å². The lowest BCUT2D eigenvalue weighted by Crippen LogP contribution is -2.25. The summed E-state index contributed by atoms with van der Waals surface area (Å²) < 4.78 is 0. The van der Waals surface area contributed by atoms with Crippen molar-refractivity contribution in [3.05, 3.63) is 41.5 Å². The molecular weight excluding hydrogens is 210 g/mol. The van der Waals surface area contributed by atoms with E-state index in [0.29, 0.717) is 12.3 Å². The molecule has 2 aliphatic rings. The fraction of sp³-hybridized carbons (Fsp3) is 0.267. The second kappa shape index (κ2) is 3.10. The summed E-state index contributed by atoms with van der Waals surface area (Å²) in [5, 5.41) is 5.70. The van der Waals surface area contributed by atoms with E-state index in [1.54, 1.807) is 0 Å². The average molecular weight is 223 g/mol. The van der Waals surface area contributed by atoms with Gasteiger partial charge >= 0.3 is 0 Å². The van der Waals surface area contributed by atoms with Crippen LogP contribution in [0, 0.1) is 0 Å². The molecule has 0 radical (unpaired) electrons. The highest BCUT2D eigenvalue weighted by molar-refractivity contribution is 6.02. The SMILES string of the molecule is O=C1CC2CCc3cccc4ccc(c2c34)N1. The summed E-state index contributed by atoms with van der Waals surface area (Å²) in [5.74, 6) is 0.596. The van der Waals surface area contributed by atoms with Crippen LogP contribution in [0.5, 0.6) is 0 Å². The van der Waals surface area contributed by atoms with Crippen LogP contribution >= 0.6 is 0 Å². The molecule has 0 aromatic heterocycles. The summed E-state index contributed by atoms with van der Waals surface area (Å²) in [5.41, 5.74) is 3.85. The highest BCUT2D eigenvalue weighted by Crippen LogP contribution is 2.44. The molecule has 0 saturated carbocycles. The molecule has 1 N–H and O–H groups in total. The maximum atomic E-state index is 11.6. The van der Waals surface area contributed by atoms with Crippen molar-refractivity contribution in [2.75, 3.05) is 5.32 Å². The maximum Gasteiger partial charge on any atom is 0.224 e. The minimum Gasteiger partial charge on any atom is -0.326 e. The summed E-state index contributed by atoms with van der Waals surface area (Å²) in [7, 11) is 0. The lowest BCUT2D eigenvalue weighted by molar-refractivity contribution is -0.116. The Labute approximate surface area is 99.6 Å². The van der Waals surface area contributed by atoms with Gasteiger partial charge in [-0.1, -0.05) is 24.3 Å². The van der Waals surface area contributed by atoms with Crippen molar-refractivity contribution >= 4 is 22.4 Å². The fourth-order valence-electron chi connectivity index (χ4n) is 3.33. The number of carbonyl (C=O) groups is 1. The van der Waals surface area contributed by atoms with Crippen LogP contribution in [0.1, 0.15) is 29.9 Å². The fourth-order valence-corrected chi connectivity index (χ4v) is 3.33. The van der Waals surface area contributed by atoms with E-state index in [4.69, 9.17) is 0 Å². The molecule has 1 atom stereocenters. The van der Waals surface area contributed by atoms with Crippen LogP contribution in [0.3, 0.4) is 0 Å². The summed E-state index contributed by atoms with van der Waals surface area (Å²) in [6, 6.07) is 10.7. The molecule has 2 aromatic carbocycles. The van der Waals surface area contributed by atoms with E-state index in [1.165, 1.54) is 21.9 Å². The van der Waals surface area contributed by atoms with Gasteiger partial charge in [0.05, 0.1) is 0 Å². The number of nitrogens with one attached hydrogen (secondary N) is 1. The molecule has 1 aliphatic heterocycles. The first-order valence-electron chi connectivity index (χ1n) is 6.17. The third-order valence-corrected chi connectivity index (χ3v) is 4.05. The zero-order chi connectivity index (χ0) is 11.4. The van der Waals surface area contributed by atoms with E-state index in [0.717, 1.165) is 18.5 Å². The van der Waals surface area contributed by atoms with Crippen LogP contribution in [-0.4, -0.2) is 5.91 Å². The Balaban J connectivity index is 2.14. The Hall–Kier alpha value is -1.83. The Morgan fingerprint density at radius 3 is 3.06 bits per heavy atom. The quantitative estimate of drug-likeness (QED) is 0.730. The van der Waals surface area contributed by atoms with Crippen LogP contribution < -0.4 is 5.32 Å². The van der Waals surface area contributed by atoms with E-state index in [2.05, 4.69) is 35.6 Å². The molecule has 2 heteroatoms. The van der Waals surface area contributed by atoms with Crippen LogP contribution in [0.2, 0.25) is 0 Å². The number of aryl methyl sites for hydroxylation is 1. The molecule has 17 heavy (non-hydrogen) atoms. The molecule has 1 aliphatic carbocycles. The van der Waals surface area contributed by atoms with Gasteiger partial charge in [0, 0.05) is 12.1 Å². The first-order valence-corrected chi connectivity index (χ1v) is 6.17. The van der Waals surface area contributed by atoms with Gasteiger partial charge in [-0.2, -0.15) is 0 Å². The summed E-state index contributed by atoms with van der Waals surface area (Å²) in [6.45, 7) is 0. The van der Waals surface area contributed by atoms with E-state index in [9.17, 15) is 4.79 Å². The zero-order valence-corrected chi connectivity index (χ0v) is 9.49.